The molecule has 2 aliphatic carbocycles. The van der Waals surface area contributed by atoms with Gasteiger partial charge in [0, 0.05) is 32.1 Å². The third kappa shape index (κ3) is 3.37. The third-order valence-electron chi connectivity index (χ3n) is 3.85. The highest BCUT2D eigenvalue weighted by Crippen LogP contribution is 2.39. The van der Waals surface area contributed by atoms with E-state index < -0.39 is 0 Å². The summed E-state index contributed by atoms with van der Waals surface area (Å²) in [6.45, 7) is 4.29. The lowest BCUT2D eigenvalue weighted by Crippen LogP contribution is -2.22. The Balaban J connectivity index is 1.77. The van der Waals surface area contributed by atoms with Crippen molar-refractivity contribution in [2.45, 2.75) is 44.9 Å². The summed E-state index contributed by atoms with van der Waals surface area (Å²) in [5, 5.41) is 3.40. The Morgan fingerprint density at radius 3 is 2.68 bits per heavy atom. The van der Waals surface area contributed by atoms with Crippen molar-refractivity contribution in [3.05, 3.63) is 11.9 Å². The molecule has 1 heterocycles. The van der Waals surface area contributed by atoms with E-state index in [1.165, 1.54) is 25.7 Å². The van der Waals surface area contributed by atoms with Crippen LogP contribution in [0, 0.1) is 5.92 Å². The van der Waals surface area contributed by atoms with Crippen LogP contribution in [0.5, 0.6) is 0 Å². The highest BCUT2D eigenvalue weighted by atomic mass is 15.2. The van der Waals surface area contributed by atoms with Gasteiger partial charge in [-0.2, -0.15) is 0 Å². The van der Waals surface area contributed by atoms with E-state index >= 15 is 0 Å². The zero-order valence-electron chi connectivity index (χ0n) is 12.0. The second-order valence-corrected chi connectivity index (χ2v) is 5.99. The van der Waals surface area contributed by atoms with E-state index in [9.17, 15) is 0 Å². The molecule has 0 radical (unpaired) electrons. The number of anilines is 2. The Morgan fingerprint density at radius 2 is 2.05 bits per heavy atom. The van der Waals surface area contributed by atoms with E-state index in [2.05, 4.69) is 35.2 Å². The lowest BCUT2D eigenvalue weighted by molar-refractivity contribution is 0.768. The molecule has 2 aliphatic rings. The molecule has 0 atom stereocenters. The van der Waals surface area contributed by atoms with Gasteiger partial charge >= 0.3 is 0 Å². The maximum atomic E-state index is 4.76. The Kier molecular flexibility index (Phi) is 3.58. The topological polar surface area (TPSA) is 41.0 Å². The SMILES string of the molecule is CCCNc1cc(N(C)CC2CC2)nc(C2CC2)n1. The van der Waals surface area contributed by atoms with Gasteiger partial charge in [0.25, 0.3) is 0 Å². The molecule has 0 amide bonds. The van der Waals surface area contributed by atoms with Crippen LogP contribution in [0.25, 0.3) is 0 Å². The van der Waals surface area contributed by atoms with Gasteiger partial charge in [-0.1, -0.05) is 6.92 Å². The number of nitrogens with one attached hydrogen (secondary N) is 1. The summed E-state index contributed by atoms with van der Waals surface area (Å²) in [5.41, 5.74) is 0. The van der Waals surface area contributed by atoms with Crippen molar-refractivity contribution in [3.8, 4) is 0 Å². The average molecular weight is 260 g/mol. The Bertz CT molecular complexity index is 438. The molecule has 0 aromatic carbocycles. The predicted octanol–water partition coefficient (Wildman–Crippen LogP) is 3.02. The van der Waals surface area contributed by atoms with Crippen molar-refractivity contribution in [2.75, 3.05) is 30.4 Å². The van der Waals surface area contributed by atoms with Gasteiger partial charge in [0.2, 0.25) is 0 Å². The number of aromatic nitrogens is 2. The van der Waals surface area contributed by atoms with Gasteiger partial charge in [0.05, 0.1) is 0 Å². The smallest absolute Gasteiger partial charge is 0.136 e. The maximum Gasteiger partial charge on any atom is 0.136 e. The van der Waals surface area contributed by atoms with Crippen LogP contribution in [-0.2, 0) is 0 Å². The standard InChI is InChI=1S/C15H24N4/c1-3-8-16-13-9-14(19(2)10-11-4-5-11)18-15(17-13)12-6-7-12/h9,11-12H,3-8,10H2,1-2H3,(H,16,17,18). The summed E-state index contributed by atoms with van der Waals surface area (Å²) in [6.07, 6.45) is 6.39. The van der Waals surface area contributed by atoms with Gasteiger partial charge < -0.3 is 10.2 Å². The molecule has 3 rings (SSSR count). The fourth-order valence-electron chi connectivity index (χ4n) is 2.30. The van der Waals surface area contributed by atoms with Crippen LogP contribution in [-0.4, -0.2) is 30.1 Å². The second kappa shape index (κ2) is 5.35. The normalized spacial score (nSPS) is 18.4. The maximum absolute atomic E-state index is 4.76. The molecule has 104 valence electrons. The zero-order valence-corrected chi connectivity index (χ0v) is 12.0. The van der Waals surface area contributed by atoms with E-state index in [1.54, 1.807) is 0 Å². The number of rotatable bonds is 7. The largest absolute Gasteiger partial charge is 0.370 e. The summed E-state index contributed by atoms with van der Waals surface area (Å²) in [7, 11) is 2.15. The molecule has 0 unspecified atom stereocenters. The molecule has 1 aromatic rings. The quantitative estimate of drug-likeness (QED) is 0.818. The van der Waals surface area contributed by atoms with E-state index in [0.29, 0.717) is 5.92 Å². The molecule has 0 aliphatic heterocycles. The van der Waals surface area contributed by atoms with Crippen LogP contribution in [0.2, 0.25) is 0 Å². The summed E-state index contributed by atoms with van der Waals surface area (Å²) < 4.78 is 0. The summed E-state index contributed by atoms with van der Waals surface area (Å²) >= 11 is 0. The summed E-state index contributed by atoms with van der Waals surface area (Å²) in [5.74, 6) is 4.62. The van der Waals surface area contributed by atoms with E-state index in [0.717, 1.165) is 42.9 Å². The average Bonchev–Trinajstić information content (AvgIpc) is 3.27. The first kappa shape index (κ1) is 12.7. The van der Waals surface area contributed by atoms with E-state index in [1.807, 2.05) is 0 Å². The number of nitrogens with zero attached hydrogens (tertiary/aromatic N) is 3. The molecule has 2 fully saturated rings. The summed E-state index contributed by atoms with van der Waals surface area (Å²) in [4.78, 5) is 11.7. The van der Waals surface area contributed by atoms with Crippen molar-refractivity contribution in [2.24, 2.45) is 5.92 Å². The number of hydrogen-bond donors (Lipinski definition) is 1. The molecular formula is C15H24N4. The van der Waals surface area contributed by atoms with E-state index in [4.69, 9.17) is 4.98 Å². The van der Waals surface area contributed by atoms with Gasteiger partial charge in [-0.05, 0) is 38.0 Å². The number of hydrogen-bond acceptors (Lipinski definition) is 4. The van der Waals surface area contributed by atoms with Gasteiger partial charge in [-0.15, -0.1) is 0 Å². The molecule has 4 heteroatoms. The molecule has 0 saturated heterocycles. The first-order valence-corrected chi connectivity index (χ1v) is 7.60. The Morgan fingerprint density at radius 1 is 1.26 bits per heavy atom. The summed E-state index contributed by atoms with van der Waals surface area (Å²) in [6, 6.07) is 2.10. The molecule has 0 spiro atoms. The minimum atomic E-state index is 0.608. The van der Waals surface area contributed by atoms with Crippen LogP contribution in [0.3, 0.4) is 0 Å². The first-order valence-electron chi connectivity index (χ1n) is 7.60. The monoisotopic (exact) mass is 260 g/mol. The van der Waals surface area contributed by atoms with Crippen LogP contribution in [0.15, 0.2) is 6.07 Å². The molecule has 0 bridgehead atoms. The fourth-order valence-corrected chi connectivity index (χ4v) is 2.30. The molecule has 2 saturated carbocycles. The molecular weight excluding hydrogens is 236 g/mol. The zero-order chi connectivity index (χ0) is 13.2. The van der Waals surface area contributed by atoms with Crippen LogP contribution >= 0.6 is 0 Å². The predicted molar refractivity (Wildman–Crippen MR) is 78.8 cm³/mol. The van der Waals surface area contributed by atoms with Crippen LogP contribution in [0.4, 0.5) is 11.6 Å². The van der Waals surface area contributed by atoms with Gasteiger partial charge in [-0.25, -0.2) is 9.97 Å². The van der Waals surface area contributed by atoms with Crippen molar-refractivity contribution in [1.29, 1.82) is 0 Å². The molecule has 19 heavy (non-hydrogen) atoms. The highest BCUT2D eigenvalue weighted by molar-refractivity contribution is 5.49. The van der Waals surface area contributed by atoms with Crippen molar-refractivity contribution in [3.63, 3.8) is 0 Å². The molecule has 1 N–H and O–H groups in total. The molecule has 1 aromatic heterocycles. The van der Waals surface area contributed by atoms with Crippen LogP contribution < -0.4 is 10.2 Å². The minimum Gasteiger partial charge on any atom is -0.370 e. The van der Waals surface area contributed by atoms with Crippen molar-refractivity contribution in [1.82, 2.24) is 9.97 Å². The van der Waals surface area contributed by atoms with Crippen molar-refractivity contribution < 1.29 is 0 Å². The van der Waals surface area contributed by atoms with Crippen LogP contribution in [0.1, 0.15) is 50.8 Å². The van der Waals surface area contributed by atoms with E-state index in [-0.39, 0.29) is 0 Å². The highest BCUT2D eigenvalue weighted by Gasteiger charge is 2.28. The lowest BCUT2D eigenvalue weighted by atomic mass is 10.3. The van der Waals surface area contributed by atoms with Gasteiger partial charge in [-0.3, -0.25) is 0 Å². The fraction of sp³-hybridized carbons (Fsp3) is 0.733. The van der Waals surface area contributed by atoms with Crippen molar-refractivity contribution >= 4 is 11.6 Å². The first-order chi connectivity index (χ1) is 9.26. The molecule has 4 nitrogen and oxygen atoms in total. The Hall–Kier alpha value is -1.32. The minimum absolute atomic E-state index is 0.608. The second-order valence-electron chi connectivity index (χ2n) is 5.99. The van der Waals surface area contributed by atoms with Gasteiger partial charge in [0.15, 0.2) is 0 Å². The van der Waals surface area contributed by atoms with Gasteiger partial charge in [0.1, 0.15) is 17.5 Å². The Labute approximate surface area is 115 Å². The lowest BCUT2D eigenvalue weighted by Gasteiger charge is -2.19. The third-order valence-corrected chi connectivity index (χ3v) is 3.85.